The second-order valence-electron chi connectivity index (χ2n) is 7.65. The summed E-state index contributed by atoms with van der Waals surface area (Å²) in [4.78, 5) is 27.3. The Morgan fingerprint density at radius 3 is 2.56 bits per heavy atom. The minimum atomic E-state index is -4.65. The maximum atomic E-state index is 14.6. The summed E-state index contributed by atoms with van der Waals surface area (Å²) in [6, 6.07) is 11.7. The van der Waals surface area contributed by atoms with Gasteiger partial charge < -0.3 is 14.8 Å². The number of nitrogens with zero attached hydrogens (tertiary/aromatic N) is 1. The quantitative estimate of drug-likeness (QED) is 0.222. The van der Waals surface area contributed by atoms with Crippen molar-refractivity contribution in [2.24, 2.45) is 0 Å². The molecule has 0 spiro atoms. The molecule has 0 aliphatic heterocycles. The van der Waals surface area contributed by atoms with Gasteiger partial charge >= 0.3 is 12.1 Å². The molecule has 0 saturated carbocycles. The van der Waals surface area contributed by atoms with Crippen molar-refractivity contribution in [3.8, 4) is 11.5 Å². The third-order valence-corrected chi connectivity index (χ3v) is 5.33. The average Bonchev–Trinajstić information content (AvgIpc) is 3.22. The summed E-state index contributed by atoms with van der Waals surface area (Å²) in [5.74, 6) is -2.46. The van der Waals surface area contributed by atoms with E-state index in [2.05, 4.69) is 10.3 Å². The van der Waals surface area contributed by atoms with E-state index >= 15 is 0 Å². The van der Waals surface area contributed by atoms with Crippen molar-refractivity contribution >= 4 is 46.3 Å². The number of anilines is 1. The van der Waals surface area contributed by atoms with Crippen LogP contribution in [0.2, 0.25) is 5.02 Å². The lowest BCUT2D eigenvalue weighted by atomic mass is 10.1. The number of carbonyl (C=O) groups excluding carboxylic acids is 1. The highest BCUT2D eigenvalue weighted by atomic mass is 35.5. The Balaban J connectivity index is 1.49. The number of fused-ring (bicyclic) bond motifs is 1. The van der Waals surface area contributed by atoms with Crippen molar-refractivity contribution in [1.29, 1.82) is 0 Å². The molecule has 1 amide bonds. The maximum Gasteiger partial charge on any atom is 0.417 e. The number of amides is 1. The number of hydrogen-bond acceptors (Lipinski definition) is 4. The Morgan fingerprint density at radius 1 is 1.08 bits per heavy atom. The SMILES string of the molecule is O=C(O)Cc1ccc2oc(-c3ccc(NC(=O)C=Cc4ccc(Cl)c(C(F)(F)F)c4)c(F)c3)nc2c1. The normalized spacial score (nSPS) is 11.8. The first-order valence-corrected chi connectivity index (χ1v) is 10.6. The molecule has 4 aromatic rings. The molecular formula is C25H15ClF4N2O4. The number of aliphatic carboxylic acids is 1. The average molecular weight is 519 g/mol. The van der Waals surface area contributed by atoms with Gasteiger partial charge in [0.15, 0.2) is 5.58 Å². The van der Waals surface area contributed by atoms with Crippen molar-refractivity contribution in [1.82, 2.24) is 4.98 Å². The van der Waals surface area contributed by atoms with Gasteiger partial charge in [0.25, 0.3) is 0 Å². The Bertz CT molecular complexity index is 1510. The third-order valence-electron chi connectivity index (χ3n) is 5.00. The monoisotopic (exact) mass is 518 g/mol. The summed E-state index contributed by atoms with van der Waals surface area (Å²) >= 11 is 5.58. The van der Waals surface area contributed by atoms with Gasteiger partial charge in [0.2, 0.25) is 11.8 Å². The molecule has 184 valence electrons. The van der Waals surface area contributed by atoms with Gasteiger partial charge in [-0.15, -0.1) is 0 Å². The van der Waals surface area contributed by atoms with Gasteiger partial charge in [0, 0.05) is 11.6 Å². The van der Waals surface area contributed by atoms with Crippen LogP contribution < -0.4 is 5.32 Å². The molecule has 0 fully saturated rings. The number of carbonyl (C=O) groups is 2. The molecule has 11 heteroatoms. The van der Waals surface area contributed by atoms with Crippen LogP contribution in [0, 0.1) is 5.82 Å². The number of halogens is 5. The molecule has 0 aliphatic rings. The van der Waals surface area contributed by atoms with Gasteiger partial charge in [-0.2, -0.15) is 13.2 Å². The third kappa shape index (κ3) is 5.72. The molecule has 0 bridgehead atoms. The predicted molar refractivity (Wildman–Crippen MR) is 125 cm³/mol. The zero-order chi connectivity index (χ0) is 26.0. The largest absolute Gasteiger partial charge is 0.481 e. The van der Waals surface area contributed by atoms with Crippen molar-refractivity contribution in [2.45, 2.75) is 12.6 Å². The molecule has 4 rings (SSSR count). The fourth-order valence-corrected chi connectivity index (χ4v) is 3.57. The molecule has 6 nitrogen and oxygen atoms in total. The molecule has 0 saturated heterocycles. The fourth-order valence-electron chi connectivity index (χ4n) is 3.34. The lowest BCUT2D eigenvalue weighted by Gasteiger charge is -2.09. The maximum absolute atomic E-state index is 14.6. The number of aromatic nitrogens is 1. The first-order chi connectivity index (χ1) is 17.0. The van der Waals surface area contributed by atoms with Crippen molar-refractivity contribution in [3.63, 3.8) is 0 Å². The molecule has 0 unspecified atom stereocenters. The summed E-state index contributed by atoms with van der Waals surface area (Å²) in [6.45, 7) is 0. The molecule has 1 heterocycles. The van der Waals surface area contributed by atoms with E-state index < -0.39 is 34.5 Å². The summed E-state index contributed by atoms with van der Waals surface area (Å²) in [5, 5.41) is 10.8. The van der Waals surface area contributed by atoms with Crippen LogP contribution in [0.3, 0.4) is 0 Å². The number of benzene rings is 3. The molecule has 2 N–H and O–H groups in total. The Labute approximate surface area is 205 Å². The van der Waals surface area contributed by atoms with Gasteiger partial charge in [-0.1, -0.05) is 23.7 Å². The van der Waals surface area contributed by atoms with Crippen LogP contribution in [0.4, 0.5) is 23.2 Å². The van der Waals surface area contributed by atoms with Gasteiger partial charge in [0.1, 0.15) is 11.3 Å². The molecule has 1 aromatic heterocycles. The molecule has 0 aliphatic carbocycles. The van der Waals surface area contributed by atoms with E-state index in [0.29, 0.717) is 16.7 Å². The fraction of sp³-hybridized carbons (Fsp3) is 0.0800. The standard InChI is InChI=1S/C25H15ClF4N2O4/c26-17-5-1-13(9-16(17)25(28,29)30)3-8-22(33)31-19-6-4-15(12-18(19)27)24-32-20-10-14(11-23(34)35)2-7-21(20)36-24/h1-10,12H,11H2,(H,31,33)(H,34,35). The van der Waals surface area contributed by atoms with E-state index in [9.17, 15) is 27.2 Å². The second kappa shape index (κ2) is 9.82. The number of rotatable bonds is 6. The van der Waals surface area contributed by atoms with Crippen LogP contribution in [0.5, 0.6) is 0 Å². The van der Waals surface area contributed by atoms with Gasteiger partial charge in [-0.25, -0.2) is 9.37 Å². The number of nitrogens with one attached hydrogen (secondary N) is 1. The van der Waals surface area contributed by atoms with E-state index in [1.54, 1.807) is 18.2 Å². The minimum absolute atomic E-state index is 0.0835. The number of carboxylic acids is 1. The zero-order valence-electron chi connectivity index (χ0n) is 18.1. The number of oxazole rings is 1. The highest BCUT2D eigenvalue weighted by Crippen LogP contribution is 2.35. The van der Waals surface area contributed by atoms with Gasteiger partial charge in [0.05, 0.1) is 22.7 Å². The zero-order valence-corrected chi connectivity index (χ0v) is 18.8. The molecule has 3 aromatic carbocycles. The summed E-state index contributed by atoms with van der Waals surface area (Å²) in [6.07, 6.45) is -2.73. The van der Waals surface area contributed by atoms with Crippen molar-refractivity contribution < 1.29 is 36.7 Å². The van der Waals surface area contributed by atoms with Gasteiger partial charge in [-0.05, 0) is 59.7 Å². The Morgan fingerprint density at radius 2 is 1.86 bits per heavy atom. The number of hydrogen-bond donors (Lipinski definition) is 2. The van der Waals surface area contributed by atoms with E-state index in [1.165, 1.54) is 18.2 Å². The first kappa shape index (κ1) is 24.9. The van der Waals surface area contributed by atoms with E-state index in [-0.39, 0.29) is 29.1 Å². The summed E-state index contributed by atoms with van der Waals surface area (Å²) < 4.78 is 59.2. The van der Waals surface area contributed by atoms with E-state index in [1.807, 2.05) is 0 Å². The van der Waals surface area contributed by atoms with Crippen LogP contribution in [0.25, 0.3) is 28.6 Å². The number of alkyl halides is 3. The minimum Gasteiger partial charge on any atom is -0.481 e. The molecule has 0 atom stereocenters. The van der Waals surface area contributed by atoms with Crippen LogP contribution in [0.1, 0.15) is 16.7 Å². The smallest absolute Gasteiger partial charge is 0.417 e. The molecule has 36 heavy (non-hydrogen) atoms. The van der Waals surface area contributed by atoms with E-state index in [4.69, 9.17) is 21.1 Å². The van der Waals surface area contributed by atoms with Gasteiger partial charge in [-0.3, -0.25) is 9.59 Å². The van der Waals surface area contributed by atoms with E-state index in [0.717, 1.165) is 30.4 Å². The van der Waals surface area contributed by atoms with Crippen LogP contribution in [-0.2, 0) is 22.2 Å². The summed E-state index contributed by atoms with van der Waals surface area (Å²) in [5.41, 5.74) is 0.477. The highest BCUT2D eigenvalue weighted by Gasteiger charge is 2.33. The van der Waals surface area contributed by atoms with Crippen molar-refractivity contribution in [2.75, 3.05) is 5.32 Å². The predicted octanol–water partition coefficient (Wildman–Crippen LogP) is 6.59. The van der Waals surface area contributed by atoms with Crippen LogP contribution in [-0.4, -0.2) is 22.0 Å². The lowest BCUT2D eigenvalue weighted by molar-refractivity contribution is -0.138. The Kier molecular flexibility index (Phi) is 6.80. The highest BCUT2D eigenvalue weighted by molar-refractivity contribution is 6.31. The Hall–Kier alpha value is -4.18. The van der Waals surface area contributed by atoms with Crippen LogP contribution >= 0.6 is 11.6 Å². The van der Waals surface area contributed by atoms with Crippen LogP contribution in [0.15, 0.2) is 65.1 Å². The molecular weight excluding hydrogens is 504 g/mol. The molecule has 0 radical (unpaired) electrons. The summed E-state index contributed by atoms with van der Waals surface area (Å²) in [7, 11) is 0. The second-order valence-corrected chi connectivity index (χ2v) is 8.05. The number of carboxylic acid groups (broad SMARTS) is 1. The first-order valence-electron chi connectivity index (χ1n) is 10.3. The topological polar surface area (TPSA) is 92.4 Å². The lowest BCUT2D eigenvalue weighted by Crippen LogP contribution is -2.09. The van der Waals surface area contributed by atoms with Crippen molar-refractivity contribution in [3.05, 3.63) is 88.2 Å².